The highest BCUT2D eigenvalue weighted by Gasteiger charge is 2.18. The average molecular weight is 387 g/mol. The number of aryl methyl sites for hydroxylation is 1. The molecule has 5 nitrogen and oxygen atoms in total. The van der Waals surface area contributed by atoms with Gasteiger partial charge in [-0.3, -0.25) is 9.48 Å². The van der Waals surface area contributed by atoms with E-state index in [0.29, 0.717) is 6.54 Å². The minimum Gasteiger partial charge on any atom is -0.337 e. The summed E-state index contributed by atoms with van der Waals surface area (Å²) in [5.74, 6) is 0.0726. The maximum atomic E-state index is 12.5. The second-order valence-corrected chi connectivity index (χ2v) is 7.33. The van der Waals surface area contributed by atoms with Crippen molar-refractivity contribution in [2.24, 2.45) is 0 Å². The molecule has 1 aromatic heterocycles. The lowest BCUT2D eigenvalue weighted by Crippen LogP contribution is -2.48. The molecule has 0 spiro atoms. The van der Waals surface area contributed by atoms with Crippen molar-refractivity contribution in [3.05, 3.63) is 57.9 Å². The molecular weight excluding hydrogens is 360 g/mol. The molecule has 0 aliphatic carbocycles. The highest BCUT2D eigenvalue weighted by Crippen LogP contribution is 2.20. The molecule has 0 radical (unpaired) electrons. The molecule has 6 heteroatoms. The quantitative estimate of drug-likeness (QED) is 0.740. The Balaban J connectivity index is 1.70. The van der Waals surface area contributed by atoms with Crippen LogP contribution in [-0.2, 0) is 11.3 Å². The Hall–Kier alpha value is -2.11. The number of rotatable bonds is 5. The highest BCUT2D eigenvalue weighted by atomic mass is 35.5. The van der Waals surface area contributed by atoms with Crippen molar-refractivity contribution >= 4 is 23.6 Å². The number of piperazine rings is 1. The van der Waals surface area contributed by atoms with Crippen molar-refractivity contribution in [1.82, 2.24) is 19.6 Å². The van der Waals surface area contributed by atoms with E-state index in [9.17, 15) is 4.79 Å². The summed E-state index contributed by atoms with van der Waals surface area (Å²) < 4.78 is 1.95. The van der Waals surface area contributed by atoms with Crippen molar-refractivity contribution < 1.29 is 4.79 Å². The number of carbonyl (C=O) groups excluding carboxylic acids is 1. The van der Waals surface area contributed by atoms with Crippen LogP contribution in [0.25, 0.3) is 6.08 Å². The summed E-state index contributed by atoms with van der Waals surface area (Å²) in [6.45, 7) is 11.3. The molecule has 0 unspecified atom stereocenters. The molecule has 1 amide bonds. The molecule has 1 aliphatic rings. The molecule has 1 saturated heterocycles. The lowest BCUT2D eigenvalue weighted by molar-refractivity contribution is -0.127. The van der Waals surface area contributed by atoms with Crippen molar-refractivity contribution in [3.8, 4) is 0 Å². The number of benzene rings is 1. The first-order valence-electron chi connectivity index (χ1n) is 9.46. The van der Waals surface area contributed by atoms with E-state index in [-0.39, 0.29) is 5.91 Å². The number of halogens is 1. The molecule has 1 fully saturated rings. The fourth-order valence-corrected chi connectivity index (χ4v) is 3.63. The van der Waals surface area contributed by atoms with Crippen LogP contribution in [0.1, 0.15) is 29.4 Å². The summed E-state index contributed by atoms with van der Waals surface area (Å²) in [6.07, 6.45) is 3.58. The van der Waals surface area contributed by atoms with Crippen LogP contribution in [0.4, 0.5) is 0 Å². The first-order valence-corrected chi connectivity index (χ1v) is 9.84. The van der Waals surface area contributed by atoms with E-state index in [1.165, 1.54) is 0 Å². The standard InChI is InChI=1S/C21H27ClN4O/c1-4-24-11-13-25(14-12-24)21(27)10-9-19-16(2)23-26(17(19)3)15-18-7-5-6-8-20(18)22/h5-10H,4,11-15H2,1-3H3. The topological polar surface area (TPSA) is 41.4 Å². The molecule has 1 aliphatic heterocycles. The van der Waals surface area contributed by atoms with Crippen LogP contribution in [0.15, 0.2) is 30.3 Å². The first-order chi connectivity index (χ1) is 13.0. The largest absolute Gasteiger partial charge is 0.337 e. The van der Waals surface area contributed by atoms with Gasteiger partial charge in [0.2, 0.25) is 5.91 Å². The normalized spacial score (nSPS) is 15.6. The summed E-state index contributed by atoms with van der Waals surface area (Å²) in [5.41, 5.74) is 3.99. The molecule has 0 saturated carbocycles. The minimum absolute atomic E-state index is 0.0726. The summed E-state index contributed by atoms with van der Waals surface area (Å²) in [7, 11) is 0. The number of hydrogen-bond donors (Lipinski definition) is 0. The van der Waals surface area contributed by atoms with Crippen molar-refractivity contribution in [2.45, 2.75) is 27.3 Å². The van der Waals surface area contributed by atoms with Crippen molar-refractivity contribution in [3.63, 3.8) is 0 Å². The molecule has 2 heterocycles. The van der Waals surface area contributed by atoms with Gasteiger partial charge in [0.05, 0.1) is 12.2 Å². The Labute approximate surface area is 166 Å². The first kappa shape index (κ1) is 19.6. The lowest BCUT2D eigenvalue weighted by atomic mass is 10.1. The molecule has 1 aromatic carbocycles. The van der Waals surface area contributed by atoms with E-state index in [0.717, 1.165) is 60.3 Å². The van der Waals surface area contributed by atoms with Gasteiger partial charge in [-0.05, 0) is 38.1 Å². The van der Waals surface area contributed by atoms with E-state index >= 15 is 0 Å². The summed E-state index contributed by atoms with van der Waals surface area (Å²) in [6, 6.07) is 7.80. The molecule has 144 valence electrons. The number of carbonyl (C=O) groups is 1. The van der Waals surface area contributed by atoms with Crippen LogP contribution in [0.3, 0.4) is 0 Å². The van der Waals surface area contributed by atoms with E-state index in [1.54, 1.807) is 6.08 Å². The third-order valence-corrected chi connectivity index (χ3v) is 5.61. The maximum absolute atomic E-state index is 12.5. The number of hydrogen-bond acceptors (Lipinski definition) is 3. The van der Waals surface area contributed by atoms with E-state index in [4.69, 9.17) is 11.6 Å². The van der Waals surface area contributed by atoms with Crippen LogP contribution in [0.5, 0.6) is 0 Å². The smallest absolute Gasteiger partial charge is 0.246 e. The number of likely N-dealkylation sites (N-methyl/N-ethyl adjacent to an activating group) is 1. The molecule has 0 atom stereocenters. The van der Waals surface area contributed by atoms with Crippen molar-refractivity contribution in [1.29, 1.82) is 0 Å². The second-order valence-electron chi connectivity index (χ2n) is 6.93. The number of nitrogens with zero attached hydrogens (tertiary/aromatic N) is 4. The Morgan fingerprint density at radius 3 is 2.56 bits per heavy atom. The molecule has 3 rings (SSSR count). The van der Waals surface area contributed by atoms with Gasteiger partial charge in [-0.15, -0.1) is 0 Å². The Bertz CT molecular complexity index is 835. The van der Waals surface area contributed by atoms with Gasteiger partial charge in [-0.25, -0.2) is 0 Å². The van der Waals surface area contributed by atoms with Crippen LogP contribution in [0.2, 0.25) is 5.02 Å². The van der Waals surface area contributed by atoms with Crippen LogP contribution >= 0.6 is 11.6 Å². The van der Waals surface area contributed by atoms with Gasteiger partial charge in [0.15, 0.2) is 0 Å². The van der Waals surface area contributed by atoms with Crippen LogP contribution in [0, 0.1) is 13.8 Å². The van der Waals surface area contributed by atoms with Gasteiger partial charge in [-0.1, -0.05) is 36.7 Å². The zero-order valence-electron chi connectivity index (χ0n) is 16.3. The number of aromatic nitrogens is 2. The van der Waals surface area contributed by atoms with Gasteiger partial charge in [0.1, 0.15) is 0 Å². The Morgan fingerprint density at radius 1 is 1.19 bits per heavy atom. The molecule has 27 heavy (non-hydrogen) atoms. The van der Waals surface area contributed by atoms with Gasteiger partial charge in [-0.2, -0.15) is 5.10 Å². The van der Waals surface area contributed by atoms with Gasteiger partial charge >= 0.3 is 0 Å². The molecule has 2 aromatic rings. The second kappa shape index (κ2) is 8.72. The minimum atomic E-state index is 0.0726. The van der Waals surface area contributed by atoms with Crippen molar-refractivity contribution in [2.75, 3.05) is 32.7 Å². The third kappa shape index (κ3) is 4.60. The van der Waals surface area contributed by atoms with Gasteiger partial charge < -0.3 is 9.80 Å². The van der Waals surface area contributed by atoms with E-state index in [2.05, 4.69) is 16.9 Å². The fraction of sp³-hybridized carbons (Fsp3) is 0.429. The summed E-state index contributed by atoms with van der Waals surface area (Å²) in [5, 5.41) is 5.37. The zero-order valence-corrected chi connectivity index (χ0v) is 17.0. The third-order valence-electron chi connectivity index (χ3n) is 5.24. The van der Waals surface area contributed by atoms with Gasteiger partial charge in [0.25, 0.3) is 0 Å². The van der Waals surface area contributed by atoms with E-state index < -0.39 is 0 Å². The summed E-state index contributed by atoms with van der Waals surface area (Å²) >= 11 is 6.27. The summed E-state index contributed by atoms with van der Waals surface area (Å²) in [4.78, 5) is 16.8. The van der Waals surface area contributed by atoms with Crippen LogP contribution < -0.4 is 0 Å². The van der Waals surface area contributed by atoms with E-state index in [1.807, 2.05) is 53.8 Å². The molecule has 0 N–H and O–H groups in total. The Kier molecular flexibility index (Phi) is 6.34. The average Bonchev–Trinajstić information content (AvgIpc) is 2.94. The molecule has 0 bridgehead atoms. The maximum Gasteiger partial charge on any atom is 0.246 e. The molecular formula is C21H27ClN4O. The predicted molar refractivity (Wildman–Crippen MR) is 110 cm³/mol. The van der Waals surface area contributed by atoms with Crippen LogP contribution in [-0.4, -0.2) is 58.2 Å². The fourth-order valence-electron chi connectivity index (χ4n) is 3.44. The SMILES string of the molecule is CCN1CCN(C(=O)C=Cc2c(C)nn(Cc3ccccc3Cl)c2C)CC1. The predicted octanol–water partition coefficient (Wildman–Crippen LogP) is 3.38. The zero-order chi connectivity index (χ0) is 19.4. The Morgan fingerprint density at radius 2 is 1.89 bits per heavy atom. The number of amides is 1. The lowest BCUT2D eigenvalue weighted by Gasteiger charge is -2.33. The van der Waals surface area contributed by atoms with Gasteiger partial charge in [0, 0.05) is 48.5 Å². The highest BCUT2D eigenvalue weighted by molar-refractivity contribution is 6.31. The monoisotopic (exact) mass is 386 g/mol.